The molecule has 2 heterocycles. The zero-order valence-corrected chi connectivity index (χ0v) is 18.6. The average molecular weight is 462 g/mol. The maximum Gasteiger partial charge on any atom is 0.321 e. The van der Waals surface area contributed by atoms with Gasteiger partial charge in [0, 0.05) is 49.2 Å². The highest BCUT2D eigenvalue weighted by Crippen LogP contribution is 2.26. The quantitative estimate of drug-likeness (QED) is 0.581. The third-order valence-corrected chi connectivity index (χ3v) is 6.25. The van der Waals surface area contributed by atoms with Gasteiger partial charge in [0.05, 0.1) is 10.7 Å². The Balaban J connectivity index is 1.35. The minimum Gasteiger partial charge on any atom is -0.345 e. The summed E-state index contributed by atoms with van der Waals surface area (Å²) in [5.74, 6) is 0.831. The van der Waals surface area contributed by atoms with Crippen molar-refractivity contribution < 1.29 is 4.79 Å². The molecule has 1 fully saturated rings. The lowest BCUT2D eigenvalue weighted by atomic mass is 10.1. The first-order valence-corrected chi connectivity index (χ1v) is 11.2. The molecule has 156 valence electrons. The Morgan fingerprint density at radius 1 is 1.07 bits per heavy atom. The second kappa shape index (κ2) is 9.64. The number of benzene rings is 2. The van der Waals surface area contributed by atoms with E-state index in [2.05, 4.69) is 26.7 Å². The maximum atomic E-state index is 12.7. The van der Waals surface area contributed by atoms with Crippen LogP contribution in [0.15, 0.2) is 48.5 Å². The van der Waals surface area contributed by atoms with Crippen molar-refractivity contribution in [3.05, 3.63) is 70.0 Å². The molecular formula is C21H21Cl2N5OS. The Labute approximate surface area is 189 Å². The molecule has 9 heteroatoms. The number of anilines is 2. The molecule has 0 unspecified atom stereocenters. The fourth-order valence-electron chi connectivity index (χ4n) is 3.32. The van der Waals surface area contributed by atoms with E-state index in [1.807, 2.05) is 18.2 Å². The molecule has 0 saturated carbocycles. The summed E-state index contributed by atoms with van der Waals surface area (Å²) >= 11 is 13.5. The highest BCUT2D eigenvalue weighted by atomic mass is 35.5. The molecule has 1 aliphatic heterocycles. The number of carbonyl (C=O) groups excluding carboxylic acids is 1. The van der Waals surface area contributed by atoms with Crippen LogP contribution < -0.4 is 10.2 Å². The molecule has 2 aromatic carbocycles. The van der Waals surface area contributed by atoms with Gasteiger partial charge in [-0.15, -0.1) is 0 Å². The third kappa shape index (κ3) is 5.22. The Kier molecular flexibility index (Phi) is 6.72. The van der Waals surface area contributed by atoms with Crippen molar-refractivity contribution in [2.45, 2.75) is 12.8 Å². The molecule has 0 radical (unpaired) electrons. The van der Waals surface area contributed by atoms with Crippen molar-refractivity contribution in [2.75, 3.05) is 36.4 Å². The first kappa shape index (κ1) is 20.9. The van der Waals surface area contributed by atoms with Crippen molar-refractivity contribution in [1.29, 1.82) is 0 Å². The largest absolute Gasteiger partial charge is 0.345 e. The number of nitrogens with one attached hydrogen (secondary N) is 1. The van der Waals surface area contributed by atoms with Crippen LogP contribution in [0.2, 0.25) is 10.0 Å². The third-order valence-electron chi connectivity index (χ3n) is 4.89. The minimum absolute atomic E-state index is 0.164. The number of amides is 2. The molecule has 0 spiro atoms. The standard InChI is InChI=1S/C21H21Cl2N5OS/c22-16-7-8-18(17(23)14-16)24-20(29)27-9-4-10-28(12-11-27)21-25-19(26-30-21)13-15-5-2-1-3-6-15/h1-3,5-8,14H,4,9-13H2,(H,24,29). The summed E-state index contributed by atoms with van der Waals surface area (Å²) in [7, 11) is 0. The number of nitrogens with zero attached hydrogens (tertiary/aromatic N) is 4. The molecule has 4 rings (SSSR count). The Morgan fingerprint density at radius 2 is 1.90 bits per heavy atom. The molecule has 30 heavy (non-hydrogen) atoms. The molecule has 0 aliphatic carbocycles. The van der Waals surface area contributed by atoms with E-state index in [-0.39, 0.29) is 6.03 Å². The van der Waals surface area contributed by atoms with Crippen LogP contribution in [0.3, 0.4) is 0 Å². The van der Waals surface area contributed by atoms with Crippen molar-refractivity contribution in [3.63, 3.8) is 0 Å². The van der Waals surface area contributed by atoms with E-state index in [0.29, 0.717) is 35.4 Å². The summed E-state index contributed by atoms with van der Waals surface area (Å²) < 4.78 is 4.51. The molecule has 3 aromatic rings. The molecule has 0 atom stereocenters. The van der Waals surface area contributed by atoms with Crippen LogP contribution in [-0.4, -0.2) is 46.5 Å². The number of aromatic nitrogens is 2. The lowest BCUT2D eigenvalue weighted by molar-refractivity contribution is 0.215. The highest BCUT2D eigenvalue weighted by Gasteiger charge is 2.22. The Hall–Kier alpha value is -2.35. The topological polar surface area (TPSA) is 61.4 Å². The van der Waals surface area contributed by atoms with Gasteiger partial charge < -0.3 is 15.1 Å². The number of halogens is 2. The molecule has 6 nitrogen and oxygen atoms in total. The van der Waals surface area contributed by atoms with E-state index in [9.17, 15) is 4.79 Å². The van der Waals surface area contributed by atoms with Gasteiger partial charge in [-0.3, -0.25) is 0 Å². The van der Waals surface area contributed by atoms with E-state index in [1.165, 1.54) is 17.1 Å². The van der Waals surface area contributed by atoms with E-state index in [4.69, 9.17) is 28.2 Å². The lowest BCUT2D eigenvalue weighted by Gasteiger charge is -2.22. The number of carbonyl (C=O) groups is 1. The second-order valence-corrected chi connectivity index (χ2v) is 8.61. The van der Waals surface area contributed by atoms with Crippen molar-refractivity contribution in [2.24, 2.45) is 0 Å². The molecular weight excluding hydrogens is 441 g/mol. The van der Waals surface area contributed by atoms with E-state index >= 15 is 0 Å². The van der Waals surface area contributed by atoms with E-state index in [0.717, 1.165) is 30.3 Å². The van der Waals surface area contributed by atoms with Crippen molar-refractivity contribution in [1.82, 2.24) is 14.3 Å². The van der Waals surface area contributed by atoms with Gasteiger partial charge in [0.2, 0.25) is 5.13 Å². The molecule has 0 bridgehead atoms. The van der Waals surface area contributed by atoms with E-state index < -0.39 is 0 Å². The molecule has 1 N–H and O–H groups in total. The Morgan fingerprint density at radius 3 is 2.70 bits per heavy atom. The molecule has 1 aromatic heterocycles. The number of hydrogen-bond donors (Lipinski definition) is 1. The molecule has 1 saturated heterocycles. The average Bonchev–Trinajstić information content (AvgIpc) is 3.05. The van der Waals surface area contributed by atoms with Crippen LogP contribution in [0.4, 0.5) is 15.6 Å². The summed E-state index contributed by atoms with van der Waals surface area (Å²) in [6.07, 6.45) is 1.58. The lowest BCUT2D eigenvalue weighted by Crippen LogP contribution is -2.38. The van der Waals surface area contributed by atoms with Gasteiger partial charge in [0.1, 0.15) is 5.82 Å². The monoisotopic (exact) mass is 461 g/mol. The van der Waals surface area contributed by atoms with Crippen LogP contribution in [0.1, 0.15) is 17.8 Å². The molecule has 1 aliphatic rings. The maximum absolute atomic E-state index is 12.7. The number of hydrogen-bond acceptors (Lipinski definition) is 5. The van der Waals surface area contributed by atoms with E-state index in [1.54, 1.807) is 23.1 Å². The van der Waals surface area contributed by atoms with Gasteiger partial charge >= 0.3 is 6.03 Å². The van der Waals surface area contributed by atoms with Gasteiger partial charge in [-0.25, -0.2) is 9.78 Å². The summed E-state index contributed by atoms with van der Waals surface area (Å²) in [6.45, 7) is 2.82. The summed E-state index contributed by atoms with van der Waals surface area (Å²) in [4.78, 5) is 21.4. The number of urea groups is 1. The van der Waals surface area contributed by atoms with Gasteiger partial charge in [-0.1, -0.05) is 53.5 Å². The second-order valence-electron chi connectivity index (χ2n) is 7.04. The first-order valence-electron chi connectivity index (χ1n) is 9.71. The zero-order chi connectivity index (χ0) is 20.9. The van der Waals surface area contributed by atoms with Crippen LogP contribution in [0.5, 0.6) is 0 Å². The minimum atomic E-state index is -0.164. The van der Waals surface area contributed by atoms with Crippen molar-refractivity contribution in [3.8, 4) is 0 Å². The number of rotatable bonds is 4. The zero-order valence-electron chi connectivity index (χ0n) is 16.2. The highest BCUT2D eigenvalue weighted by molar-refractivity contribution is 7.09. The summed E-state index contributed by atoms with van der Waals surface area (Å²) in [5, 5.41) is 4.74. The fourth-order valence-corrected chi connectivity index (χ4v) is 4.51. The fraction of sp³-hybridized carbons (Fsp3) is 0.286. The van der Waals surface area contributed by atoms with Crippen LogP contribution in [-0.2, 0) is 6.42 Å². The van der Waals surface area contributed by atoms with Gasteiger partial charge in [0.25, 0.3) is 0 Å². The predicted octanol–water partition coefficient (Wildman–Crippen LogP) is 5.18. The van der Waals surface area contributed by atoms with Crippen LogP contribution >= 0.6 is 34.7 Å². The Bertz CT molecular complexity index is 1010. The van der Waals surface area contributed by atoms with Gasteiger partial charge in [-0.05, 0) is 30.2 Å². The molecule has 2 amide bonds. The van der Waals surface area contributed by atoms with Crippen LogP contribution in [0, 0.1) is 0 Å². The summed E-state index contributed by atoms with van der Waals surface area (Å²) in [5.41, 5.74) is 1.75. The van der Waals surface area contributed by atoms with Gasteiger partial charge in [0.15, 0.2) is 0 Å². The SMILES string of the molecule is O=C(Nc1ccc(Cl)cc1Cl)N1CCCN(c2nc(Cc3ccccc3)ns2)CC1. The van der Waals surface area contributed by atoms with Crippen molar-refractivity contribution >= 4 is 51.6 Å². The first-order chi connectivity index (χ1) is 14.6. The van der Waals surface area contributed by atoms with Crippen LogP contribution in [0.25, 0.3) is 0 Å². The van der Waals surface area contributed by atoms with Gasteiger partial charge in [-0.2, -0.15) is 4.37 Å². The summed E-state index contributed by atoms with van der Waals surface area (Å²) in [6, 6.07) is 15.1. The smallest absolute Gasteiger partial charge is 0.321 e. The normalized spacial score (nSPS) is 14.5. The predicted molar refractivity (Wildman–Crippen MR) is 123 cm³/mol.